The van der Waals surface area contributed by atoms with Crippen molar-refractivity contribution in [1.82, 2.24) is 9.97 Å². The molecule has 6 heteroatoms. The first-order valence-electron chi connectivity index (χ1n) is 8.20. The van der Waals surface area contributed by atoms with Crippen molar-refractivity contribution in [1.29, 1.82) is 0 Å². The Morgan fingerprint density at radius 3 is 2.64 bits per heavy atom. The molecule has 1 unspecified atom stereocenters. The summed E-state index contributed by atoms with van der Waals surface area (Å²) in [6.07, 6.45) is -0.635. The Kier molecular flexibility index (Phi) is 4.03. The minimum Gasteiger partial charge on any atom is -0.367 e. The second-order valence-electron chi connectivity index (χ2n) is 5.96. The Balaban J connectivity index is 1.81. The van der Waals surface area contributed by atoms with E-state index in [0.29, 0.717) is 25.6 Å². The van der Waals surface area contributed by atoms with Crippen LogP contribution in [0.5, 0.6) is 0 Å². The first kappa shape index (κ1) is 15.5. The zero-order chi connectivity index (χ0) is 17.2. The zero-order valence-corrected chi connectivity index (χ0v) is 13.6. The van der Waals surface area contributed by atoms with Crippen LogP contribution in [0.2, 0.25) is 0 Å². The summed E-state index contributed by atoms with van der Waals surface area (Å²) in [5.74, 6) is 0.126. The average Bonchev–Trinajstić information content (AvgIpc) is 2.68. The Morgan fingerprint density at radius 1 is 1.08 bits per heavy atom. The second kappa shape index (κ2) is 6.49. The van der Waals surface area contributed by atoms with Crippen molar-refractivity contribution < 1.29 is 9.53 Å². The van der Waals surface area contributed by atoms with E-state index in [1.807, 2.05) is 59.5 Å². The van der Waals surface area contributed by atoms with Crippen LogP contribution in [-0.2, 0) is 9.53 Å². The number of para-hydroxylation sites is 1. The van der Waals surface area contributed by atoms with Crippen molar-refractivity contribution in [3.8, 4) is 11.3 Å². The number of ether oxygens (including phenoxy) is 1. The number of nitrogens with zero attached hydrogens (tertiary/aromatic N) is 3. The van der Waals surface area contributed by atoms with Crippen LogP contribution in [-0.4, -0.2) is 41.7 Å². The van der Waals surface area contributed by atoms with Crippen molar-refractivity contribution in [2.45, 2.75) is 6.10 Å². The van der Waals surface area contributed by atoms with E-state index in [-0.39, 0.29) is 0 Å². The first-order chi connectivity index (χ1) is 12.2. The van der Waals surface area contributed by atoms with Gasteiger partial charge in [-0.05, 0) is 6.07 Å². The summed E-state index contributed by atoms with van der Waals surface area (Å²) in [6, 6.07) is 18.0. The smallest absolute Gasteiger partial charge is 0.248 e. The van der Waals surface area contributed by atoms with Crippen LogP contribution < -0.4 is 10.6 Å². The van der Waals surface area contributed by atoms with Crippen LogP contribution in [0.4, 0.5) is 5.95 Å². The molecule has 2 aromatic carbocycles. The van der Waals surface area contributed by atoms with Crippen LogP contribution in [0.1, 0.15) is 0 Å². The monoisotopic (exact) mass is 334 g/mol. The number of amides is 1. The van der Waals surface area contributed by atoms with Crippen molar-refractivity contribution >= 4 is 22.8 Å². The van der Waals surface area contributed by atoms with Crippen molar-refractivity contribution in [3.63, 3.8) is 0 Å². The van der Waals surface area contributed by atoms with Gasteiger partial charge in [0.25, 0.3) is 0 Å². The minimum atomic E-state index is -0.635. The topological polar surface area (TPSA) is 81.3 Å². The summed E-state index contributed by atoms with van der Waals surface area (Å²) in [7, 11) is 0. The summed E-state index contributed by atoms with van der Waals surface area (Å²) in [6.45, 7) is 1.41. The third-order valence-electron chi connectivity index (χ3n) is 4.31. The molecule has 0 aliphatic carbocycles. The lowest BCUT2D eigenvalue weighted by molar-refractivity contribution is -0.130. The number of rotatable bonds is 3. The van der Waals surface area contributed by atoms with E-state index < -0.39 is 12.0 Å². The van der Waals surface area contributed by atoms with Gasteiger partial charge in [0, 0.05) is 17.5 Å². The number of nitrogens with two attached hydrogens (primary N) is 1. The number of aromatic nitrogens is 2. The van der Waals surface area contributed by atoms with Crippen molar-refractivity contribution in [3.05, 3.63) is 54.6 Å². The highest BCUT2D eigenvalue weighted by atomic mass is 16.5. The lowest BCUT2D eigenvalue weighted by Gasteiger charge is -2.31. The lowest BCUT2D eigenvalue weighted by Crippen LogP contribution is -2.49. The van der Waals surface area contributed by atoms with E-state index in [1.54, 1.807) is 0 Å². The molecule has 1 fully saturated rings. The molecule has 4 rings (SSSR count). The molecule has 0 spiro atoms. The van der Waals surface area contributed by atoms with E-state index >= 15 is 0 Å². The number of fused-ring (bicyclic) bond motifs is 1. The number of benzene rings is 2. The number of anilines is 1. The zero-order valence-electron chi connectivity index (χ0n) is 13.6. The SMILES string of the molecule is NC(=O)C1CN(c2nc(-c3ccccc3)c3ccccc3n2)CCO1. The van der Waals surface area contributed by atoms with Crippen molar-refractivity contribution in [2.24, 2.45) is 5.73 Å². The average molecular weight is 334 g/mol. The molecule has 0 radical (unpaired) electrons. The Hall–Kier alpha value is -2.99. The molecular formula is C19H18N4O2. The quantitative estimate of drug-likeness (QED) is 0.792. The molecule has 1 aliphatic heterocycles. The highest BCUT2D eigenvalue weighted by Crippen LogP contribution is 2.28. The van der Waals surface area contributed by atoms with Gasteiger partial charge >= 0.3 is 0 Å². The summed E-state index contributed by atoms with van der Waals surface area (Å²) in [5, 5.41) is 0.997. The molecule has 3 aromatic rings. The van der Waals surface area contributed by atoms with Gasteiger partial charge < -0.3 is 15.4 Å². The standard InChI is InChI=1S/C19H18N4O2/c20-18(24)16-12-23(10-11-25-16)19-21-15-9-5-4-8-14(15)17(22-19)13-6-2-1-3-7-13/h1-9,16H,10-12H2,(H2,20,24). The van der Waals surface area contributed by atoms with Crippen LogP contribution in [0, 0.1) is 0 Å². The third-order valence-corrected chi connectivity index (χ3v) is 4.31. The molecule has 1 amide bonds. The molecule has 1 aliphatic rings. The third kappa shape index (κ3) is 3.04. The van der Waals surface area contributed by atoms with Gasteiger partial charge in [0.1, 0.15) is 0 Å². The summed E-state index contributed by atoms with van der Waals surface area (Å²) >= 11 is 0. The van der Waals surface area contributed by atoms with Crippen LogP contribution in [0.25, 0.3) is 22.2 Å². The van der Waals surface area contributed by atoms with Gasteiger partial charge in [0.05, 0.1) is 24.4 Å². The number of hydrogen-bond acceptors (Lipinski definition) is 5. The first-order valence-corrected chi connectivity index (χ1v) is 8.20. The summed E-state index contributed by atoms with van der Waals surface area (Å²) < 4.78 is 5.42. The molecule has 126 valence electrons. The van der Waals surface area contributed by atoms with Gasteiger partial charge in [-0.15, -0.1) is 0 Å². The molecule has 25 heavy (non-hydrogen) atoms. The Labute approximate surface area is 145 Å². The lowest BCUT2D eigenvalue weighted by atomic mass is 10.1. The fraction of sp³-hybridized carbons (Fsp3) is 0.211. The fourth-order valence-electron chi connectivity index (χ4n) is 3.02. The maximum Gasteiger partial charge on any atom is 0.248 e. The predicted octanol–water partition coefficient (Wildman–Crippen LogP) is 1.99. The van der Waals surface area contributed by atoms with E-state index in [4.69, 9.17) is 15.5 Å². The molecule has 0 saturated carbocycles. The highest BCUT2D eigenvalue weighted by molar-refractivity contribution is 5.93. The molecule has 0 bridgehead atoms. The molecule has 2 heterocycles. The Morgan fingerprint density at radius 2 is 1.84 bits per heavy atom. The van der Waals surface area contributed by atoms with Crippen molar-refractivity contribution in [2.75, 3.05) is 24.6 Å². The normalized spacial score (nSPS) is 17.6. The number of primary amides is 1. The molecular weight excluding hydrogens is 316 g/mol. The van der Waals surface area contributed by atoms with Gasteiger partial charge in [0.2, 0.25) is 11.9 Å². The number of hydrogen-bond donors (Lipinski definition) is 1. The van der Waals surface area contributed by atoms with E-state index in [2.05, 4.69) is 4.98 Å². The van der Waals surface area contributed by atoms with E-state index in [9.17, 15) is 4.79 Å². The number of carbonyl (C=O) groups is 1. The van der Waals surface area contributed by atoms with Gasteiger partial charge in [-0.2, -0.15) is 0 Å². The summed E-state index contributed by atoms with van der Waals surface area (Å²) in [4.78, 5) is 22.9. The highest BCUT2D eigenvalue weighted by Gasteiger charge is 2.27. The molecule has 1 saturated heterocycles. The maximum absolute atomic E-state index is 11.5. The van der Waals surface area contributed by atoms with Crippen LogP contribution in [0.3, 0.4) is 0 Å². The molecule has 1 aromatic heterocycles. The summed E-state index contributed by atoms with van der Waals surface area (Å²) in [5.41, 5.74) is 8.16. The minimum absolute atomic E-state index is 0.363. The van der Waals surface area contributed by atoms with E-state index in [0.717, 1.165) is 22.2 Å². The Bertz CT molecular complexity index is 914. The number of carbonyl (C=O) groups excluding carboxylic acids is 1. The molecule has 6 nitrogen and oxygen atoms in total. The predicted molar refractivity (Wildman–Crippen MR) is 96.1 cm³/mol. The van der Waals surface area contributed by atoms with Gasteiger partial charge in [-0.1, -0.05) is 48.5 Å². The van der Waals surface area contributed by atoms with Crippen LogP contribution in [0.15, 0.2) is 54.6 Å². The van der Waals surface area contributed by atoms with Gasteiger partial charge in [0.15, 0.2) is 6.10 Å². The van der Waals surface area contributed by atoms with Gasteiger partial charge in [-0.25, -0.2) is 9.97 Å². The van der Waals surface area contributed by atoms with E-state index in [1.165, 1.54) is 0 Å². The number of morpholine rings is 1. The molecule has 1 atom stereocenters. The fourth-order valence-corrected chi connectivity index (χ4v) is 3.02. The largest absolute Gasteiger partial charge is 0.367 e. The molecule has 2 N–H and O–H groups in total. The van der Waals surface area contributed by atoms with Gasteiger partial charge in [-0.3, -0.25) is 4.79 Å². The maximum atomic E-state index is 11.5. The second-order valence-corrected chi connectivity index (χ2v) is 5.96. The van der Waals surface area contributed by atoms with Crippen LogP contribution >= 0.6 is 0 Å².